The molecule has 0 aliphatic carbocycles. The van der Waals surface area contributed by atoms with Crippen molar-refractivity contribution < 1.29 is 4.39 Å². The van der Waals surface area contributed by atoms with Gasteiger partial charge in [0.05, 0.1) is 28.5 Å². The van der Waals surface area contributed by atoms with Crippen molar-refractivity contribution in [2.24, 2.45) is 13.0 Å². The zero-order valence-corrected chi connectivity index (χ0v) is 19.4. The predicted molar refractivity (Wildman–Crippen MR) is 128 cm³/mol. The summed E-state index contributed by atoms with van der Waals surface area (Å²) in [5.41, 5.74) is 2.56. The minimum atomic E-state index is -0.261. The highest BCUT2D eigenvalue weighted by Gasteiger charge is 2.18. The summed E-state index contributed by atoms with van der Waals surface area (Å²) in [5.74, 6) is 1.92. The first kappa shape index (κ1) is 21.4. The molecule has 9 heteroatoms. The number of aryl methyl sites for hydroxylation is 1. The Bertz CT molecular complexity index is 1520. The Morgan fingerprint density at radius 2 is 1.82 bits per heavy atom. The maximum atomic E-state index is 13.4. The Balaban J connectivity index is 1.54. The molecule has 0 radical (unpaired) electrons. The van der Waals surface area contributed by atoms with Crippen molar-refractivity contribution in [3.63, 3.8) is 0 Å². The van der Waals surface area contributed by atoms with Crippen molar-refractivity contribution >= 4 is 28.4 Å². The van der Waals surface area contributed by atoms with Gasteiger partial charge in [-0.05, 0) is 47.9 Å². The van der Waals surface area contributed by atoms with Crippen LogP contribution in [-0.2, 0) is 19.3 Å². The van der Waals surface area contributed by atoms with Crippen LogP contribution < -0.4 is 5.56 Å². The van der Waals surface area contributed by atoms with Gasteiger partial charge < -0.3 is 4.57 Å². The highest BCUT2D eigenvalue weighted by Crippen LogP contribution is 2.29. The summed E-state index contributed by atoms with van der Waals surface area (Å²) in [6.45, 7) is 5.09. The molecule has 0 unspecified atom stereocenters. The zero-order chi connectivity index (χ0) is 23.1. The van der Waals surface area contributed by atoms with Crippen molar-refractivity contribution in [3.05, 3.63) is 76.7 Å². The van der Waals surface area contributed by atoms with Crippen LogP contribution in [0.3, 0.4) is 0 Å². The molecular weight excluding hydrogens is 439 g/mol. The molecule has 0 atom stereocenters. The van der Waals surface area contributed by atoms with Crippen LogP contribution in [0, 0.1) is 11.7 Å². The molecule has 2 aromatic carbocycles. The summed E-state index contributed by atoms with van der Waals surface area (Å²) in [7, 11) is 1.71. The summed E-state index contributed by atoms with van der Waals surface area (Å²) in [6.07, 6.45) is 1.83. The third-order valence-corrected chi connectivity index (χ3v) is 6.52. The smallest absolute Gasteiger partial charge is 0.262 e. The van der Waals surface area contributed by atoms with Crippen LogP contribution in [0.1, 0.15) is 19.7 Å². The van der Waals surface area contributed by atoms with Gasteiger partial charge in [-0.3, -0.25) is 13.8 Å². The topological polar surface area (TPSA) is 70.0 Å². The lowest BCUT2D eigenvalue weighted by Gasteiger charge is -2.14. The van der Waals surface area contributed by atoms with Crippen LogP contribution in [0.5, 0.6) is 0 Å². The van der Waals surface area contributed by atoms with E-state index in [1.165, 1.54) is 16.7 Å². The Hall–Kier alpha value is -3.46. The van der Waals surface area contributed by atoms with E-state index in [1.807, 2.05) is 34.9 Å². The third kappa shape index (κ3) is 3.82. The molecule has 0 saturated heterocycles. The first-order valence-electron chi connectivity index (χ1n) is 10.7. The largest absolute Gasteiger partial charge is 0.319 e. The van der Waals surface area contributed by atoms with Gasteiger partial charge in [-0.2, -0.15) is 0 Å². The van der Waals surface area contributed by atoms with Gasteiger partial charge in [-0.15, -0.1) is 10.2 Å². The van der Waals surface area contributed by atoms with Crippen LogP contribution in [0.4, 0.5) is 4.39 Å². The van der Waals surface area contributed by atoms with Crippen molar-refractivity contribution in [1.82, 2.24) is 28.7 Å². The van der Waals surface area contributed by atoms with E-state index in [0.717, 1.165) is 34.3 Å². The van der Waals surface area contributed by atoms with Crippen molar-refractivity contribution in [2.45, 2.75) is 31.3 Å². The Kier molecular flexibility index (Phi) is 5.49. The lowest BCUT2D eigenvalue weighted by molar-refractivity contribution is 0.498. The maximum absolute atomic E-state index is 13.4. The van der Waals surface area contributed by atoms with E-state index >= 15 is 0 Å². The molecule has 0 saturated carbocycles. The van der Waals surface area contributed by atoms with Gasteiger partial charge in [-0.1, -0.05) is 37.7 Å². The fraction of sp³-hybridized carbons (Fsp3) is 0.250. The maximum Gasteiger partial charge on any atom is 0.262 e. The minimum absolute atomic E-state index is 0.0962. The second-order valence-corrected chi connectivity index (χ2v) is 9.30. The van der Waals surface area contributed by atoms with E-state index in [-0.39, 0.29) is 11.4 Å². The molecule has 0 aliphatic heterocycles. The van der Waals surface area contributed by atoms with E-state index in [2.05, 4.69) is 33.6 Å². The monoisotopic (exact) mass is 462 g/mol. The van der Waals surface area contributed by atoms with E-state index in [0.29, 0.717) is 22.8 Å². The van der Waals surface area contributed by atoms with Gasteiger partial charge in [0, 0.05) is 13.6 Å². The van der Waals surface area contributed by atoms with E-state index in [4.69, 9.17) is 0 Å². The lowest BCUT2D eigenvalue weighted by Crippen LogP contribution is -2.20. The molecule has 0 amide bonds. The molecule has 0 spiro atoms. The number of thioether (sulfide) groups is 1. The van der Waals surface area contributed by atoms with Crippen LogP contribution >= 0.6 is 11.8 Å². The van der Waals surface area contributed by atoms with Gasteiger partial charge in [0.25, 0.3) is 5.56 Å². The third-order valence-electron chi connectivity index (χ3n) is 5.53. The number of para-hydroxylation sites is 1. The molecule has 33 heavy (non-hydrogen) atoms. The normalized spacial score (nSPS) is 11.8. The Morgan fingerprint density at radius 3 is 2.58 bits per heavy atom. The van der Waals surface area contributed by atoms with Gasteiger partial charge in [0.1, 0.15) is 11.6 Å². The highest BCUT2D eigenvalue weighted by atomic mass is 32.2. The first-order chi connectivity index (χ1) is 15.9. The van der Waals surface area contributed by atoms with Crippen LogP contribution in [0.25, 0.3) is 27.9 Å². The molecule has 3 heterocycles. The average Bonchev–Trinajstić information content (AvgIpc) is 3.41. The van der Waals surface area contributed by atoms with E-state index in [9.17, 15) is 9.18 Å². The van der Waals surface area contributed by atoms with E-state index < -0.39 is 0 Å². The first-order valence-corrected chi connectivity index (χ1v) is 11.7. The van der Waals surface area contributed by atoms with Crippen molar-refractivity contribution in [2.75, 3.05) is 0 Å². The number of rotatable bonds is 6. The fourth-order valence-electron chi connectivity index (χ4n) is 3.98. The number of halogens is 1. The van der Waals surface area contributed by atoms with Crippen LogP contribution in [-0.4, -0.2) is 28.7 Å². The lowest BCUT2D eigenvalue weighted by atomic mass is 10.1. The molecule has 0 aliphatic rings. The van der Waals surface area contributed by atoms with Gasteiger partial charge >= 0.3 is 0 Å². The van der Waals surface area contributed by atoms with Crippen LogP contribution in [0.15, 0.2) is 64.7 Å². The summed E-state index contributed by atoms with van der Waals surface area (Å²) in [5, 5.41) is 10.1. The molecule has 5 rings (SSSR count). The van der Waals surface area contributed by atoms with Crippen molar-refractivity contribution in [1.29, 1.82) is 0 Å². The molecule has 7 nitrogen and oxygen atoms in total. The zero-order valence-electron chi connectivity index (χ0n) is 18.6. The number of aromatic nitrogens is 6. The van der Waals surface area contributed by atoms with Gasteiger partial charge in [0.15, 0.2) is 5.16 Å². The summed E-state index contributed by atoms with van der Waals surface area (Å²) in [4.78, 5) is 17.3. The fourth-order valence-corrected chi connectivity index (χ4v) is 4.88. The van der Waals surface area contributed by atoms with E-state index in [1.54, 1.807) is 30.9 Å². The average molecular weight is 463 g/mol. The molecule has 0 bridgehead atoms. The molecule has 5 aromatic rings. The molecule has 168 valence electrons. The number of nitrogens with zero attached hydrogens (tertiary/aromatic N) is 6. The summed E-state index contributed by atoms with van der Waals surface area (Å²) >= 11 is 1.57. The predicted octanol–water partition coefficient (Wildman–Crippen LogP) is 4.53. The molecular formula is C24H23FN6OS. The standard InChI is InChI=1S/C24H23FN6OS/c1-15(2)13-30-20(16-8-10-17(25)11-9-16)12-26-24(30)33-14-21-27-28-23-29(3)22(32)18-6-4-5-7-19(18)31(21)23/h4-12,15H,13-14H2,1-3H3. The number of hydrogen-bond donors (Lipinski definition) is 0. The number of hydrogen-bond acceptors (Lipinski definition) is 5. The highest BCUT2D eigenvalue weighted by molar-refractivity contribution is 7.98. The summed E-state index contributed by atoms with van der Waals surface area (Å²) < 4.78 is 19.0. The summed E-state index contributed by atoms with van der Waals surface area (Å²) in [6, 6.07) is 14.0. The number of benzene rings is 2. The second-order valence-electron chi connectivity index (χ2n) is 8.36. The quantitative estimate of drug-likeness (QED) is 0.347. The van der Waals surface area contributed by atoms with Gasteiger partial charge in [0.2, 0.25) is 5.78 Å². The molecule has 3 aromatic heterocycles. The number of fused-ring (bicyclic) bond motifs is 3. The SMILES string of the molecule is CC(C)Cn1c(-c2ccc(F)cc2)cnc1SCc1nnc2n(C)c(=O)c3ccccc3n12. The Morgan fingerprint density at radius 1 is 1.06 bits per heavy atom. The molecule has 0 N–H and O–H groups in total. The number of imidazole rings is 1. The van der Waals surface area contributed by atoms with Crippen molar-refractivity contribution in [3.8, 4) is 11.3 Å². The van der Waals surface area contributed by atoms with Gasteiger partial charge in [-0.25, -0.2) is 9.37 Å². The van der Waals surface area contributed by atoms with Crippen LogP contribution in [0.2, 0.25) is 0 Å². The minimum Gasteiger partial charge on any atom is -0.319 e. The Labute approximate surface area is 193 Å². The second kappa shape index (κ2) is 8.47. The molecule has 0 fully saturated rings.